The number of nitrogens with one attached hydrogen (secondary N) is 2. The first-order chi connectivity index (χ1) is 19.8. The van der Waals surface area contributed by atoms with Gasteiger partial charge in [-0.2, -0.15) is 4.98 Å². The molecule has 5 aromatic rings. The standard InChI is InChI=1S/C28H27N5O8/c34-9-17-21(36)24(39)27(41-17)33-10-29-19-25(33)31-28(32-26(19)40)30-18-15-8-14-12(6-5-11-3-1-2-4-13(11)14)7-16(15)20(35)23(38)22(18)37/h1-8,10,17-18,20-24,27,34-39H,9H2,(H2,30,31,32,40)/t17-,18-,20+,21-,22+,23-,24-,27-/m1/s1. The summed E-state index contributed by atoms with van der Waals surface area (Å²) in [4.78, 5) is 24.0. The quantitative estimate of drug-likeness (QED) is 0.137. The van der Waals surface area contributed by atoms with Crippen LogP contribution >= 0.6 is 0 Å². The van der Waals surface area contributed by atoms with Crippen molar-refractivity contribution in [2.75, 3.05) is 11.9 Å². The van der Waals surface area contributed by atoms with Gasteiger partial charge in [-0.15, -0.1) is 0 Å². The van der Waals surface area contributed by atoms with Gasteiger partial charge in [-0.05, 0) is 44.8 Å². The normalized spacial score (nSPS) is 29.8. The lowest BCUT2D eigenvalue weighted by Crippen LogP contribution is -2.44. The van der Waals surface area contributed by atoms with Crippen LogP contribution in [0.15, 0.2) is 59.7 Å². The van der Waals surface area contributed by atoms with Crippen LogP contribution in [0.1, 0.15) is 29.5 Å². The Balaban J connectivity index is 1.33. The molecule has 13 nitrogen and oxygen atoms in total. The minimum absolute atomic E-state index is 0.0155. The molecule has 2 aromatic heterocycles. The van der Waals surface area contributed by atoms with E-state index in [1.165, 1.54) is 10.9 Å². The predicted molar refractivity (Wildman–Crippen MR) is 146 cm³/mol. The second-order valence-electron chi connectivity index (χ2n) is 10.5. The Morgan fingerprint density at radius 2 is 1.68 bits per heavy atom. The van der Waals surface area contributed by atoms with Gasteiger partial charge >= 0.3 is 0 Å². The van der Waals surface area contributed by atoms with Crippen LogP contribution in [0, 0.1) is 0 Å². The average Bonchev–Trinajstić information content (AvgIpc) is 3.53. The van der Waals surface area contributed by atoms with Gasteiger partial charge in [0, 0.05) is 0 Å². The first kappa shape index (κ1) is 26.0. The SMILES string of the molecule is O=c1[nH]c(N[C@@H]2c3cc4c(ccc5ccccc54)cc3[C@H](O)[C@@H](O)[C@H]2O)nc2c1ncn2[C@@H]1O[C@H](CO)[C@@H](O)[C@H]1O. The molecule has 8 N–H and O–H groups in total. The predicted octanol–water partition coefficient (Wildman–Crippen LogP) is -0.0405. The fourth-order valence-corrected chi connectivity index (χ4v) is 5.97. The minimum Gasteiger partial charge on any atom is -0.394 e. The van der Waals surface area contributed by atoms with Gasteiger partial charge in [-0.25, -0.2) is 4.98 Å². The number of hydrogen-bond donors (Lipinski definition) is 8. The molecule has 41 heavy (non-hydrogen) atoms. The van der Waals surface area contributed by atoms with Crippen LogP contribution in [0.25, 0.3) is 32.7 Å². The summed E-state index contributed by atoms with van der Waals surface area (Å²) in [5, 5.41) is 69.5. The van der Waals surface area contributed by atoms with Crippen LogP contribution in [0.5, 0.6) is 0 Å². The Labute approximate surface area is 230 Å². The Morgan fingerprint density at radius 1 is 0.902 bits per heavy atom. The summed E-state index contributed by atoms with van der Waals surface area (Å²) in [7, 11) is 0. The van der Waals surface area contributed by atoms with Gasteiger partial charge in [-0.1, -0.05) is 36.4 Å². The molecule has 7 rings (SSSR count). The highest BCUT2D eigenvalue weighted by molar-refractivity contribution is 6.08. The Morgan fingerprint density at radius 3 is 2.46 bits per heavy atom. The smallest absolute Gasteiger partial charge is 0.280 e. The Hall–Kier alpha value is -3.95. The van der Waals surface area contributed by atoms with Crippen LogP contribution in [-0.4, -0.2) is 87.3 Å². The van der Waals surface area contributed by atoms with E-state index in [0.717, 1.165) is 21.5 Å². The molecule has 8 atom stereocenters. The monoisotopic (exact) mass is 561 g/mol. The highest BCUT2D eigenvalue weighted by Crippen LogP contribution is 2.41. The molecular formula is C28H27N5O8. The molecule has 1 aliphatic heterocycles. The summed E-state index contributed by atoms with van der Waals surface area (Å²) >= 11 is 0. The minimum atomic E-state index is -1.53. The number of aromatic nitrogens is 4. The van der Waals surface area contributed by atoms with Gasteiger partial charge in [0.05, 0.1) is 19.0 Å². The van der Waals surface area contributed by atoms with Crippen LogP contribution in [0.2, 0.25) is 0 Å². The van der Waals surface area contributed by atoms with E-state index in [2.05, 4.69) is 20.3 Å². The highest BCUT2D eigenvalue weighted by atomic mass is 16.6. The van der Waals surface area contributed by atoms with Crippen LogP contribution in [-0.2, 0) is 4.74 Å². The average molecular weight is 562 g/mol. The van der Waals surface area contributed by atoms with Crippen LogP contribution < -0.4 is 10.9 Å². The molecule has 13 heteroatoms. The number of benzene rings is 3. The van der Waals surface area contributed by atoms with Gasteiger partial charge in [0.1, 0.15) is 36.6 Å². The first-order valence-corrected chi connectivity index (χ1v) is 13.1. The van der Waals surface area contributed by atoms with Crippen LogP contribution in [0.3, 0.4) is 0 Å². The third-order valence-corrected chi connectivity index (χ3v) is 8.13. The summed E-state index contributed by atoms with van der Waals surface area (Å²) in [6, 6.07) is 14.4. The first-order valence-electron chi connectivity index (χ1n) is 13.1. The summed E-state index contributed by atoms with van der Waals surface area (Å²) in [5.41, 5.74) is 0.257. The van der Waals surface area contributed by atoms with E-state index < -0.39 is 61.1 Å². The van der Waals surface area contributed by atoms with E-state index in [-0.39, 0.29) is 17.1 Å². The zero-order valence-electron chi connectivity index (χ0n) is 21.4. The number of aromatic amines is 1. The second kappa shape index (κ2) is 9.56. The molecule has 0 bridgehead atoms. The van der Waals surface area contributed by atoms with Crippen molar-refractivity contribution < 1.29 is 35.4 Å². The lowest BCUT2D eigenvalue weighted by molar-refractivity contribution is -0.0770. The molecule has 0 amide bonds. The molecule has 1 saturated heterocycles. The molecule has 3 aromatic carbocycles. The highest BCUT2D eigenvalue weighted by Gasteiger charge is 2.44. The zero-order valence-corrected chi connectivity index (χ0v) is 21.4. The van der Waals surface area contributed by atoms with Crippen molar-refractivity contribution in [2.45, 2.75) is 48.9 Å². The van der Waals surface area contributed by atoms with E-state index in [9.17, 15) is 35.4 Å². The number of ether oxygens (including phenoxy) is 1. The number of anilines is 1. The number of nitrogens with zero attached hydrogens (tertiary/aromatic N) is 3. The summed E-state index contributed by atoms with van der Waals surface area (Å²) in [5.74, 6) is -0.0763. The van der Waals surface area contributed by atoms with E-state index in [4.69, 9.17) is 4.74 Å². The molecule has 1 fully saturated rings. The molecule has 0 radical (unpaired) electrons. The lowest BCUT2D eigenvalue weighted by atomic mass is 9.80. The molecule has 212 valence electrons. The van der Waals surface area contributed by atoms with Crippen molar-refractivity contribution in [3.05, 3.63) is 76.3 Å². The van der Waals surface area contributed by atoms with Gasteiger partial charge in [0.15, 0.2) is 17.4 Å². The van der Waals surface area contributed by atoms with Gasteiger partial charge in [0.25, 0.3) is 5.56 Å². The molecule has 0 unspecified atom stereocenters. The maximum atomic E-state index is 12.9. The maximum Gasteiger partial charge on any atom is 0.280 e. The maximum absolute atomic E-state index is 12.9. The number of fused-ring (bicyclic) bond motifs is 5. The lowest BCUT2D eigenvalue weighted by Gasteiger charge is -2.38. The number of hydrogen-bond acceptors (Lipinski definition) is 11. The van der Waals surface area contributed by atoms with Crippen LogP contribution in [0.4, 0.5) is 5.95 Å². The molecule has 2 aliphatic rings. The van der Waals surface area contributed by atoms with Gasteiger partial charge in [0.2, 0.25) is 5.95 Å². The second-order valence-corrected chi connectivity index (χ2v) is 10.5. The van der Waals surface area contributed by atoms with E-state index in [0.29, 0.717) is 11.1 Å². The summed E-state index contributed by atoms with van der Waals surface area (Å²) < 4.78 is 6.86. The van der Waals surface area contributed by atoms with Crippen molar-refractivity contribution in [1.29, 1.82) is 0 Å². The van der Waals surface area contributed by atoms with E-state index in [1.54, 1.807) is 6.07 Å². The molecule has 1 aliphatic carbocycles. The summed E-state index contributed by atoms with van der Waals surface area (Å²) in [6.07, 6.45) is -8.12. The van der Waals surface area contributed by atoms with Crippen molar-refractivity contribution in [3.8, 4) is 0 Å². The third kappa shape index (κ3) is 3.94. The van der Waals surface area contributed by atoms with E-state index >= 15 is 0 Å². The largest absolute Gasteiger partial charge is 0.394 e. The van der Waals surface area contributed by atoms with Crippen molar-refractivity contribution >= 4 is 38.7 Å². The van der Waals surface area contributed by atoms with Crippen molar-refractivity contribution in [3.63, 3.8) is 0 Å². The van der Waals surface area contributed by atoms with Crippen molar-refractivity contribution in [1.82, 2.24) is 19.5 Å². The molecule has 0 spiro atoms. The summed E-state index contributed by atoms with van der Waals surface area (Å²) in [6.45, 7) is -0.528. The van der Waals surface area contributed by atoms with Gasteiger partial charge < -0.3 is 40.7 Å². The molecule has 3 heterocycles. The zero-order chi connectivity index (χ0) is 28.6. The Bertz CT molecular complexity index is 1860. The fraction of sp³-hybridized carbons (Fsp3) is 0.321. The molecular weight excluding hydrogens is 534 g/mol. The van der Waals surface area contributed by atoms with Crippen molar-refractivity contribution in [2.24, 2.45) is 0 Å². The number of aliphatic hydroxyl groups excluding tert-OH is 6. The Kier molecular flexibility index (Phi) is 6.06. The number of imidazole rings is 1. The molecule has 0 saturated carbocycles. The van der Waals surface area contributed by atoms with E-state index in [1.807, 2.05) is 42.5 Å². The number of aliphatic hydroxyl groups is 6. The third-order valence-electron chi connectivity index (χ3n) is 8.13. The topological polar surface area (TPSA) is 206 Å². The van der Waals surface area contributed by atoms with Gasteiger partial charge in [-0.3, -0.25) is 14.3 Å². The fourth-order valence-electron chi connectivity index (χ4n) is 5.97. The number of H-pyrrole nitrogens is 1. The number of rotatable bonds is 4.